The third-order valence-electron chi connectivity index (χ3n) is 9.57. The van der Waals surface area contributed by atoms with Crippen LogP contribution in [0.2, 0.25) is 0 Å². The molecule has 1 nitrogen and oxygen atoms in total. The van der Waals surface area contributed by atoms with Crippen molar-refractivity contribution >= 4 is 10.0 Å². The molecule has 0 radical (unpaired) electrons. The lowest BCUT2D eigenvalue weighted by molar-refractivity contribution is 0.321. The van der Waals surface area contributed by atoms with Gasteiger partial charge in [0, 0.05) is 5.75 Å². The molecular formula is C39H82OS. The van der Waals surface area contributed by atoms with E-state index in [2.05, 4.69) is 20.1 Å². The van der Waals surface area contributed by atoms with E-state index in [1.807, 2.05) is 0 Å². The van der Waals surface area contributed by atoms with Crippen LogP contribution in [0.5, 0.6) is 0 Å². The first-order valence-electron chi connectivity index (χ1n) is 19.5. The summed E-state index contributed by atoms with van der Waals surface area (Å²) in [6, 6.07) is 0. The lowest BCUT2D eigenvalue weighted by atomic mass is 10.0. The summed E-state index contributed by atoms with van der Waals surface area (Å²) in [4.78, 5) is 0. The van der Waals surface area contributed by atoms with E-state index < -0.39 is 10.0 Å². The van der Waals surface area contributed by atoms with E-state index in [-0.39, 0.29) is 0 Å². The Morgan fingerprint density at radius 1 is 0.293 bits per heavy atom. The van der Waals surface area contributed by atoms with E-state index in [9.17, 15) is 5.11 Å². The molecule has 0 amide bonds. The SMILES string of the molecule is CCCCCCCCCCCCCCCCCCS(C)(CCO)CCCCCCCCCCCCCCCCCC. The predicted molar refractivity (Wildman–Crippen MR) is 194 cm³/mol. The van der Waals surface area contributed by atoms with Crippen LogP contribution in [-0.4, -0.2) is 35.2 Å². The molecule has 0 unspecified atom stereocenters. The van der Waals surface area contributed by atoms with E-state index in [1.54, 1.807) is 0 Å². The van der Waals surface area contributed by atoms with Crippen LogP contribution >= 0.6 is 10.0 Å². The van der Waals surface area contributed by atoms with Gasteiger partial charge in [-0.1, -0.05) is 206 Å². The Bertz CT molecular complexity index is 428. The van der Waals surface area contributed by atoms with Gasteiger partial charge >= 0.3 is 0 Å². The van der Waals surface area contributed by atoms with E-state index in [4.69, 9.17) is 0 Å². The van der Waals surface area contributed by atoms with Crippen molar-refractivity contribution in [2.45, 2.75) is 219 Å². The highest BCUT2D eigenvalue weighted by Gasteiger charge is 2.16. The number of hydrogen-bond acceptors (Lipinski definition) is 1. The largest absolute Gasteiger partial charge is 0.396 e. The third-order valence-corrected chi connectivity index (χ3v) is 13.3. The maximum atomic E-state index is 9.69. The fourth-order valence-corrected chi connectivity index (χ4v) is 9.38. The average molecular weight is 599 g/mol. The highest BCUT2D eigenvalue weighted by atomic mass is 32.3. The molecule has 41 heavy (non-hydrogen) atoms. The van der Waals surface area contributed by atoms with Crippen LogP contribution in [-0.2, 0) is 0 Å². The molecule has 0 aromatic carbocycles. The highest BCUT2D eigenvalue weighted by Crippen LogP contribution is 2.45. The molecule has 0 saturated carbocycles. The van der Waals surface area contributed by atoms with E-state index in [0.29, 0.717) is 6.61 Å². The summed E-state index contributed by atoms with van der Waals surface area (Å²) < 4.78 is 0. The molecule has 0 spiro atoms. The third kappa shape index (κ3) is 33.0. The van der Waals surface area contributed by atoms with Gasteiger partial charge in [-0.3, -0.25) is 0 Å². The Balaban J connectivity index is 3.49. The van der Waals surface area contributed by atoms with Gasteiger partial charge in [0.1, 0.15) is 0 Å². The molecule has 2 heteroatoms. The molecule has 0 aliphatic rings. The Kier molecular flexibility index (Phi) is 35.1. The van der Waals surface area contributed by atoms with E-state index in [0.717, 1.165) is 5.75 Å². The highest BCUT2D eigenvalue weighted by molar-refractivity contribution is 8.33. The fraction of sp³-hybridized carbons (Fsp3) is 1.00. The van der Waals surface area contributed by atoms with Crippen LogP contribution in [0.25, 0.3) is 0 Å². The van der Waals surface area contributed by atoms with Crippen LogP contribution in [0.4, 0.5) is 0 Å². The van der Waals surface area contributed by atoms with Crippen LogP contribution in [0, 0.1) is 0 Å². The topological polar surface area (TPSA) is 20.2 Å². The maximum absolute atomic E-state index is 9.69. The summed E-state index contributed by atoms with van der Waals surface area (Å²) in [5.74, 6) is 3.90. The lowest BCUT2D eigenvalue weighted by Crippen LogP contribution is -2.15. The summed E-state index contributed by atoms with van der Waals surface area (Å²) in [6.07, 6.45) is 48.9. The molecule has 250 valence electrons. The summed E-state index contributed by atoms with van der Waals surface area (Å²) in [5, 5.41) is 9.69. The van der Waals surface area contributed by atoms with Crippen LogP contribution < -0.4 is 0 Å². The second kappa shape index (κ2) is 34.8. The minimum absolute atomic E-state index is 0.406. The van der Waals surface area contributed by atoms with Gasteiger partial charge in [0.2, 0.25) is 0 Å². The number of aliphatic hydroxyl groups is 1. The van der Waals surface area contributed by atoms with E-state index in [1.165, 1.54) is 217 Å². The number of unbranched alkanes of at least 4 members (excludes halogenated alkanes) is 30. The first-order valence-corrected chi connectivity index (χ1v) is 22.1. The minimum atomic E-state index is -0.578. The molecule has 0 aliphatic carbocycles. The summed E-state index contributed by atoms with van der Waals surface area (Å²) >= 11 is 0. The van der Waals surface area contributed by atoms with Gasteiger partial charge in [-0.25, -0.2) is 10.0 Å². The number of hydrogen-bond donors (Lipinski definition) is 1. The summed E-state index contributed by atoms with van der Waals surface area (Å²) in [5.41, 5.74) is 0. The fourth-order valence-electron chi connectivity index (χ4n) is 6.52. The Hall–Kier alpha value is 0.310. The number of rotatable bonds is 36. The van der Waals surface area contributed by atoms with Gasteiger partial charge in [-0.15, -0.1) is 0 Å². The van der Waals surface area contributed by atoms with Crippen LogP contribution in [0.15, 0.2) is 0 Å². The van der Waals surface area contributed by atoms with Crippen molar-refractivity contribution in [1.29, 1.82) is 0 Å². The molecule has 0 aromatic rings. The zero-order chi connectivity index (χ0) is 30.0. The van der Waals surface area contributed by atoms with Crippen LogP contribution in [0.3, 0.4) is 0 Å². The van der Waals surface area contributed by atoms with Gasteiger partial charge in [0.05, 0.1) is 6.61 Å². The first kappa shape index (κ1) is 41.3. The molecule has 0 saturated heterocycles. The van der Waals surface area contributed by atoms with Crippen molar-refractivity contribution in [3.63, 3.8) is 0 Å². The quantitative estimate of drug-likeness (QED) is 0.0711. The minimum Gasteiger partial charge on any atom is -0.396 e. The molecule has 0 atom stereocenters. The Labute approximate surface area is 263 Å². The zero-order valence-corrected chi connectivity index (χ0v) is 30.1. The molecule has 0 heterocycles. The average Bonchev–Trinajstić information content (AvgIpc) is 2.97. The van der Waals surface area contributed by atoms with Crippen molar-refractivity contribution < 1.29 is 5.11 Å². The Morgan fingerprint density at radius 2 is 0.488 bits per heavy atom. The monoisotopic (exact) mass is 599 g/mol. The number of aliphatic hydroxyl groups excluding tert-OH is 1. The second-order valence-corrected chi connectivity index (χ2v) is 18.1. The molecule has 0 rings (SSSR count). The van der Waals surface area contributed by atoms with Crippen molar-refractivity contribution in [3.8, 4) is 0 Å². The van der Waals surface area contributed by atoms with Gasteiger partial charge in [0.15, 0.2) is 0 Å². The van der Waals surface area contributed by atoms with Gasteiger partial charge in [-0.2, -0.15) is 0 Å². The van der Waals surface area contributed by atoms with E-state index >= 15 is 0 Å². The predicted octanol–water partition coefficient (Wildman–Crippen LogP) is 13.9. The van der Waals surface area contributed by atoms with Crippen LogP contribution in [0.1, 0.15) is 219 Å². The molecule has 0 bridgehead atoms. The summed E-state index contributed by atoms with van der Waals surface area (Å²) in [6.45, 7) is 5.02. The zero-order valence-electron chi connectivity index (χ0n) is 29.3. The first-order chi connectivity index (χ1) is 20.2. The molecule has 0 fully saturated rings. The lowest BCUT2D eigenvalue weighted by Gasteiger charge is -2.36. The van der Waals surface area contributed by atoms with Crippen molar-refractivity contribution in [2.75, 3.05) is 30.1 Å². The summed E-state index contributed by atoms with van der Waals surface area (Å²) in [7, 11) is -0.578. The Morgan fingerprint density at radius 3 is 0.683 bits per heavy atom. The molecule has 0 aliphatic heterocycles. The second-order valence-electron chi connectivity index (χ2n) is 13.9. The standard InChI is InChI=1S/C39H82OS/c1-4-6-8-10-12-14-16-18-20-22-24-26-28-30-32-34-37-41(3,39-36-40)38-35-33-31-29-27-25-23-21-19-17-15-13-11-9-7-5-2/h40H,4-39H2,1-3H3. The maximum Gasteiger partial charge on any atom is 0.0507 e. The van der Waals surface area contributed by atoms with Gasteiger partial charge < -0.3 is 5.11 Å². The molecule has 0 aromatic heterocycles. The molecular weight excluding hydrogens is 516 g/mol. The normalized spacial score (nSPS) is 12.4. The van der Waals surface area contributed by atoms with Crippen molar-refractivity contribution in [1.82, 2.24) is 0 Å². The van der Waals surface area contributed by atoms with Crippen molar-refractivity contribution in [2.24, 2.45) is 0 Å². The van der Waals surface area contributed by atoms with Crippen molar-refractivity contribution in [3.05, 3.63) is 0 Å². The van der Waals surface area contributed by atoms with Gasteiger partial charge in [-0.05, 0) is 30.6 Å². The molecule has 1 N–H and O–H groups in total. The smallest absolute Gasteiger partial charge is 0.0507 e. The van der Waals surface area contributed by atoms with Gasteiger partial charge in [0.25, 0.3) is 0 Å².